The third kappa shape index (κ3) is 3.72. The fourth-order valence-electron chi connectivity index (χ4n) is 2.24. The summed E-state index contributed by atoms with van der Waals surface area (Å²) in [5.74, 6) is -0.274. The van der Waals surface area contributed by atoms with E-state index in [0.717, 1.165) is 12.0 Å². The fraction of sp³-hybridized carbons (Fsp3) is 0.312. The van der Waals surface area contributed by atoms with Gasteiger partial charge in [0.05, 0.1) is 6.04 Å². The molecule has 0 radical (unpaired) electrons. The van der Waals surface area contributed by atoms with Crippen LogP contribution in [-0.4, -0.2) is 15.5 Å². The number of H-pyrrole nitrogens is 1. The smallest absolute Gasteiger partial charge is 0.328 e. The van der Waals surface area contributed by atoms with Crippen LogP contribution in [-0.2, 0) is 11.3 Å². The average molecular weight is 301 g/mol. The first-order chi connectivity index (χ1) is 10.5. The molecule has 0 spiro atoms. The van der Waals surface area contributed by atoms with Crippen LogP contribution >= 0.6 is 0 Å². The Bertz CT molecular complexity index is 762. The molecular formula is C16H19N3O3. The molecule has 116 valence electrons. The van der Waals surface area contributed by atoms with Crippen molar-refractivity contribution in [1.82, 2.24) is 14.9 Å². The van der Waals surface area contributed by atoms with Gasteiger partial charge < -0.3 is 5.32 Å². The van der Waals surface area contributed by atoms with Crippen LogP contribution in [0.3, 0.4) is 0 Å². The Balaban J connectivity index is 2.11. The van der Waals surface area contributed by atoms with Crippen molar-refractivity contribution >= 4 is 5.91 Å². The molecule has 0 unspecified atom stereocenters. The minimum absolute atomic E-state index is 0.103. The van der Waals surface area contributed by atoms with Gasteiger partial charge >= 0.3 is 5.69 Å². The molecule has 2 aromatic rings. The van der Waals surface area contributed by atoms with Gasteiger partial charge in [0.2, 0.25) is 5.91 Å². The fourth-order valence-corrected chi connectivity index (χ4v) is 2.24. The van der Waals surface area contributed by atoms with Crippen LogP contribution in [0, 0.1) is 6.92 Å². The van der Waals surface area contributed by atoms with E-state index in [-0.39, 0.29) is 18.5 Å². The zero-order chi connectivity index (χ0) is 16.1. The Labute approximate surface area is 127 Å². The van der Waals surface area contributed by atoms with E-state index in [2.05, 4.69) is 10.3 Å². The number of benzene rings is 1. The van der Waals surface area contributed by atoms with Crippen molar-refractivity contribution in [3.63, 3.8) is 0 Å². The summed E-state index contributed by atoms with van der Waals surface area (Å²) >= 11 is 0. The van der Waals surface area contributed by atoms with E-state index in [9.17, 15) is 14.4 Å². The number of aryl methyl sites for hydroxylation is 1. The molecule has 6 heteroatoms. The number of aromatic nitrogens is 2. The molecule has 0 fully saturated rings. The van der Waals surface area contributed by atoms with Crippen LogP contribution in [0.15, 0.2) is 46.1 Å². The minimum Gasteiger partial charge on any atom is -0.348 e. The van der Waals surface area contributed by atoms with Crippen LogP contribution in [0.1, 0.15) is 30.5 Å². The largest absolute Gasteiger partial charge is 0.348 e. The summed E-state index contributed by atoms with van der Waals surface area (Å²) in [6.07, 6.45) is 2.14. The molecular weight excluding hydrogens is 282 g/mol. The predicted octanol–water partition coefficient (Wildman–Crippen LogP) is 1.11. The predicted molar refractivity (Wildman–Crippen MR) is 83.7 cm³/mol. The average Bonchev–Trinajstić information content (AvgIpc) is 2.51. The number of hydrogen-bond donors (Lipinski definition) is 2. The van der Waals surface area contributed by atoms with Crippen LogP contribution < -0.4 is 16.6 Å². The summed E-state index contributed by atoms with van der Waals surface area (Å²) in [7, 11) is 0. The second-order valence-corrected chi connectivity index (χ2v) is 5.14. The topological polar surface area (TPSA) is 84.0 Å². The number of carbonyl (C=O) groups excluding carboxylic acids is 1. The van der Waals surface area contributed by atoms with Crippen molar-refractivity contribution in [2.75, 3.05) is 0 Å². The second kappa shape index (κ2) is 6.89. The van der Waals surface area contributed by atoms with Crippen molar-refractivity contribution in [2.45, 2.75) is 32.9 Å². The van der Waals surface area contributed by atoms with E-state index >= 15 is 0 Å². The lowest BCUT2D eigenvalue weighted by Gasteiger charge is -2.17. The number of nitrogens with zero attached hydrogens (tertiary/aromatic N) is 1. The molecule has 0 aliphatic heterocycles. The van der Waals surface area contributed by atoms with Gasteiger partial charge in [-0.05, 0) is 18.9 Å². The monoisotopic (exact) mass is 301 g/mol. The van der Waals surface area contributed by atoms with E-state index in [0.29, 0.717) is 5.56 Å². The summed E-state index contributed by atoms with van der Waals surface area (Å²) in [6.45, 7) is 3.44. The first-order valence-corrected chi connectivity index (χ1v) is 7.16. The van der Waals surface area contributed by atoms with E-state index in [1.165, 1.54) is 10.8 Å². The molecule has 0 saturated heterocycles. The zero-order valence-corrected chi connectivity index (χ0v) is 12.6. The molecule has 1 amide bonds. The van der Waals surface area contributed by atoms with Crippen LogP contribution in [0.5, 0.6) is 0 Å². The summed E-state index contributed by atoms with van der Waals surface area (Å²) < 4.78 is 1.20. The lowest BCUT2D eigenvalue weighted by atomic mass is 10.0. The molecule has 2 rings (SSSR count). The van der Waals surface area contributed by atoms with Crippen LogP contribution in [0.25, 0.3) is 0 Å². The first-order valence-electron chi connectivity index (χ1n) is 7.16. The number of aromatic amines is 1. The standard InChI is InChI=1S/C16H19N3O3/c1-3-13(12-7-5-4-6-8-12)17-14(20)10-19-9-11(2)15(21)18-16(19)22/h4-9,13H,3,10H2,1-2H3,(H,17,20)(H,18,21,22)/t13-/m1/s1. The number of nitrogens with one attached hydrogen (secondary N) is 2. The maximum absolute atomic E-state index is 12.1. The number of amides is 1. The molecule has 22 heavy (non-hydrogen) atoms. The Morgan fingerprint density at radius 2 is 1.95 bits per heavy atom. The van der Waals surface area contributed by atoms with Crippen molar-refractivity contribution in [2.24, 2.45) is 0 Å². The molecule has 0 aliphatic rings. The van der Waals surface area contributed by atoms with Crippen LogP contribution in [0.4, 0.5) is 0 Å². The Kier molecular flexibility index (Phi) is 4.93. The Morgan fingerprint density at radius 1 is 1.27 bits per heavy atom. The molecule has 1 atom stereocenters. The first kappa shape index (κ1) is 15.8. The number of rotatable bonds is 5. The number of carbonyl (C=O) groups is 1. The third-order valence-corrected chi connectivity index (χ3v) is 3.45. The quantitative estimate of drug-likeness (QED) is 0.867. The molecule has 0 aliphatic carbocycles. The van der Waals surface area contributed by atoms with Gasteiger partial charge in [-0.3, -0.25) is 19.1 Å². The molecule has 1 aromatic carbocycles. The maximum Gasteiger partial charge on any atom is 0.328 e. The van der Waals surface area contributed by atoms with Crippen molar-refractivity contribution in [3.05, 3.63) is 68.5 Å². The Morgan fingerprint density at radius 3 is 2.59 bits per heavy atom. The molecule has 6 nitrogen and oxygen atoms in total. The van der Waals surface area contributed by atoms with E-state index in [4.69, 9.17) is 0 Å². The van der Waals surface area contributed by atoms with Gasteiger partial charge in [0.15, 0.2) is 0 Å². The van der Waals surface area contributed by atoms with Crippen molar-refractivity contribution in [3.8, 4) is 0 Å². The van der Waals surface area contributed by atoms with E-state index in [1.54, 1.807) is 6.92 Å². The highest BCUT2D eigenvalue weighted by molar-refractivity contribution is 5.76. The number of hydrogen-bond acceptors (Lipinski definition) is 3. The molecule has 0 saturated carbocycles. The normalized spacial score (nSPS) is 11.9. The van der Waals surface area contributed by atoms with Gasteiger partial charge in [-0.15, -0.1) is 0 Å². The molecule has 2 N–H and O–H groups in total. The van der Waals surface area contributed by atoms with Crippen molar-refractivity contribution < 1.29 is 4.79 Å². The third-order valence-electron chi connectivity index (χ3n) is 3.45. The highest BCUT2D eigenvalue weighted by Gasteiger charge is 2.13. The SMILES string of the molecule is CC[C@@H](NC(=O)Cn1cc(C)c(=O)[nH]c1=O)c1ccccc1. The summed E-state index contributed by atoms with van der Waals surface area (Å²) in [6, 6.07) is 9.55. The van der Waals surface area contributed by atoms with Gasteiger partial charge in [0, 0.05) is 11.8 Å². The van der Waals surface area contributed by atoms with E-state index in [1.807, 2.05) is 37.3 Å². The van der Waals surface area contributed by atoms with Gasteiger partial charge in [0.25, 0.3) is 5.56 Å². The lowest BCUT2D eigenvalue weighted by Crippen LogP contribution is -2.37. The van der Waals surface area contributed by atoms with Gasteiger partial charge in [-0.25, -0.2) is 4.79 Å². The second-order valence-electron chi connectivity index (χ2n) is 5.14. The van der Waals surface area contributed by atoms with Crippen LogP contribution in [0.2, 0.25) is 0 Å². The minimum atomic E-state index is -0.585. The highest BCUT2D eigenvalue weighted by atomic mass is 16.2. The van der Waals surface area contributed by atoms with Gasteiger partial charge in [0.1, 0.15) is 6.54 Å². The van der Waals surface area contributed by atoms with Crippen molar-refractivity contribution in [1.29, 1.82) is 0 Å². The van der Waals surface area contributed by atoms with Gasteiger partial charge in [-0.1, -0.05) is 37.3 Å². The summed E-state index contributed by atoms with van der Waals surface area (Å²) in [4.78, 5) is 37.3. The molecule has 1 aromatic heterocycles. The maximum atomic E-state index is 12.1. The Hall–Kier alpha value is -2.63. The summed E-state index contributed by atoms with van der Waals surface area (Å²) in [5.41, 5.74) is 0.390. The summed E-state index contributed by atoms with van der Waals surface area (Å²) in [5, 5.41) is 2.90. The molecule has 0 bridgehead atoms. The molecule has 1 heterocycles. The van der Waals surface area contributed by atoms with Gasteiger partial charge in [-0.2, -0.15) is 0 Å². The van der Waals surface area contributed by atoms with E-state index < -0.39 is 11.2 Å². The lowest BCUT2D eigenvalue weighted by molar-refractivity contribution is -0.122. The highest BCUT2D eigenvalue weighted by Crippen LogP contribution is 2.15. The zero-order valence-electron chi connectivity index (χ0n) is 12.6.